The molecule has 0 aliphatic carbocycles. The Bertz CT molecular complexity index is 1470. The molecule has 37 heavy (non-hydrogen) atoms. The van der Waals surface area contributed by atoms with E-state index in [4.69, 9.17) is 26.4 Å². The third-order valence-corrected chi connectivity index (χ3v) is 5.67. The van der Waals surface area contributed by atoms with E-state index in [-0.39, 0.29) is 53.3 Å². The highest BCUT2D eigenvalue weighted by Gasteiger charge is 2.27. The molecule has 0 bridgehead atoms. The van der Waals surface area contributed by atoms with E-state index in [1.54, 1.807) is 36.4 Å². The molecule has 2 aromatic carbocycles. The number of methoxy groups -OCH3 is 1. The van der Waals surface area contributed by atoms with Gasteiger partial charge in [-0.3, -0.25) is 10.4 Å². The highest BCUT2D eigenvalue weighted by molar-refractivity contribution is 5.94. The van der Waals surface area contributed by atoms with E-state index < -0.39 is 24.1 Å². The normalized spacial score (nSPS) is 11.8. The largest absolute Gasteiger partial charge is 0.497 e. The zero-order chi connectivity index (χ0) is 26.5. The monoisotopic (exact) mass is 509 g/mol. The van der Waals surface area contributed by atoms with Crippen LogP contribution in [0.1, 0.15) is 28.4 Å². The minimum atomic E-state index is -0.829. The number of hydrogen-bond acceptors (Lipinski definition) is 7. The number of nitrogens with two attached hydrogens (primary N) is 2. The van der Waals surface area contributed by atoms with Crippen molar-refractivity contribution in [3.05, 3.63) is 93.5 Å². The lowest BCUT2D eigenvalue weighted by Crippen LogP contribution is -2.18. The van der Waals surface area contributed by atoms with Crippen LogP contribution in [-0.4, -0.2) is 46.0 Å². The highest BCUT2D eigenvalue weighted by atomic mass is 19.1. The van der Waals surface area contributed by atoms with E-state index in [1.165, 1.54) is 25.4 Å². The SMILES string of the molecule is COc1cc(OCCF)c(F)c(C(Cc2ccc(C(=N)N)cc2)c2nn(-c3ncccc3N)c(=O)[nH]2)c1. The molecule has 12 heteroatoms. The average Bonchev–Trinajstić information content (AvgIpc) is 3.28. The number of benzene rings is 2. The second-order valence-electron chi connectivity index (χ2n) is 8.08. The summed E-state index contributed by atoms with van der Waals surface area (Å²) in [4.78, 5) is 19.7. The molecule has 0 aliphatic rings. The molecule has 0 saturated carbocycles. The number of ether oxygens (including phenoxy) is 2. The van der Waals surface area contributed by atoms with E-state index in [2.05, 4.69) is 15.1 Å². The van der Waals surface area contributed by atoms with Crippen molar-refractivity contribution in [2.75, 3.05) is 26.1 Å². The average molecular weight is 510 g/mol. The zero-order valence-corrected chi connectivity index (χ0v) is 19.9. The first-order valence-corrected chi connectivity index (χ1v) is 11.2. The van der Waals surface area contributed by atoms with Gasteiger partial charge >= 0.3 is 5.69 Å². The van der Waals surface area contributed by atoms with Crippen molar-refractivity contribution in [1.29, 1.82) is 5.41 Å². The van der Waals surface area contributed by atoms with Gasteiger partial charge in [0, 0.05) is 23.4 Å². The molecule has 0 fully saturated rings. The van der Waals surface area contributed by atoms with Crippen molar-refractivity contribution in [2.45, 2.75) is 12.3 Å². The van der Waals surface area contributed by atoms with Crippen LogP contribution < -0.4 is 26.6 Å². The predicted molar refractivity (Wildman–Crippen MR) is 134 cm³/mol. The topological polar surface area (TPSA) is 158 Å². The maximum atomic E-state index is 15.7. The first-order valence-electron chi connectivity index (χ1n) is 11.2. The van der Waals surface area contributed by atoms with Gasteiger partial charge in [0.1, 0.15) is 30.7 Å². The Morgan fingerprint density at radius 2 is 2.00 bits per heavy atom. The van der Waals surface area contributed by atoms with Gasteiger partial charge in [0.2, 0.25) is 0 Å². The third-order valence-electron chi connectivity index (χ3n) is 5.67. The summed E-state index contributed by atoms with van der Waals surface area (Å²) in [5.41, 5.74) is 12.5. The summed E-state index contributed by atoms with van der Waals surface area (Å²) >= 11 is 0. The van der Waals surface area contributed by atoms with Gasteiger partial charge in [0.15, 0.2) is 17.4 Å². The Morgan fingerprint density at radius 3 is 2.65 bits per heavy atom. The number of halogens is 2. The van der Waals surface area contributed by atoms with Crippen molar-refractivity contribution in [3.8, 4) is 17.3 Å². The molecular formula is C25H25F2N7O3. The number of nitrogens with one attached hydrogen (secondary N) is 2. The van der Waals surface area contributed by atoms with Crippen LogP contribution >= 0.6 is 0 Å². The van der Waals surface area contributed by atoms with Crippen molar-refractivity contribution in [1.82, 2.24) is 19.7 Å². The van der Waals surface area contributed by atoms with E-state index in [0.717, 1.165) is 10.2 Å². The molecular weight excluding hydrogens is 484 g/mol. The summed E-state index contributed by atoms with van der Waals surface area (Å²) in [6.07, 6.45) is 1.66. The predicted octanol–water partition coefficient (Wildman–Crippen LogP) is 2.69. The number of H-pyrrole nitrogens is 1. The summed E-state index contributed by atoms with van der Waals surface area (Å²) in [6, 6.07) is 12.8. The van der Waals surface area contributed by atoms with Crippen LogP contribution in [0.15, 0.2) is 59.5 Å². The van der Waals surface area contributed by atoms with E-state index in [1.807, 2.05) is 0 Å². The van der Waals surface area contributed by atoms with Crippen LogP contribution in [0.2, 0.25) is 0 Å². The van der Waals surface area contributed by atoms with Crippen molar-refractivity contribution < 1.29 is 18.3 Å². The Hall–Kier alpha value is -4.74. The molecule has 6 N–H and O–H groups in total. The number of nitrogens with zero attached hydrogens (tertiary/aromatic N) is 3. The van der Waals surface area contributed by atoms with Crippen molar-refractivity contribution in [3.63, 3.8) is 0 Å². The first kappa shape index (κ1) is 25.4. The summed E-state index contributed by atoms with van der Waals surface area (Å²) in [5.74, 6) is -1.32. The fourth-order valence-corrected chi connectivity index (χ4v) is 3.86. The molecule has 1 atom stereocenters. The lowest BCUT2D eigenvalue weighted by molar-refractivity contribution is 0.260. The fourth-order valence-electron chi connectivity index (χ4n) is 3.86. The molecule has 4 rings (SSSR count). The van der Waals surface area contributed by atoms with Gasteiger partial charge in [-0.2, -0.15) is 4.68 Å². The van der Waals surface area contributed by atoms with Gasteiger partial charge < -0.3 is 20.9 Å². The number of alkyl halides is 1. The second kappa shape index (κ2) is 10.9. The third kappa shape index (κ3) is 5.42. The van der Waals surface area contributed by atoms with Crippen molar-refractivity contribution in [2.24, 2.45) is 5.73 Å². The number of hydrogen-bond donors (Lipinski definition) is 4. The Kier molecular flexibility index (Phi) is 7.47. The van der Waals surface area contributed by atoms with Crippen LogP contribution in [0.5, 0.6) is 11.5 Å². The van der Waals surface area contributed by atoms with Gasteiger partial charge in [-0.25, -0.2) is 18.6 Å². The molecule has 4 aromatic rings. The molecule has 0 aliphatic heterocycles. The van der Waals surface area contributed by atoms with Gasteiger partial charge in [0.05, 0.1) is 18.7 Å². The standard InChI is InChI=1S/C25H25F2N7O3/c1-36-16-12-17(21(27)20(13-16)37-10-8-26)18(11-14-4-6-15(7-5-14)22(29)30)23-32-25(35)34(33-23)24-19(28)3-2-9-31-24/h2-7,9,12-13,18H,8,10-11,28H2,1H3,(H3,29,30)(H,32,33,35). The van der Waals surface area contributed by atoms with Gasteiger partial charge in [-0.05, 0) is 30.2 Å². The van der Waals surface area contributed by atoms with Gasteiger partial charge in [-0.15, -0.1) is 5.10 Å². The van der Waals surface area contributed by atoms with Gasteiger partial charge in [0.25, 0.3) is 0 Å². The smallest absolute Gasteiger partial charge is 0.349 e. The molecule has 0 saturated heterocycles. The van der Waals surface area contributed by atoms with Crippen LogP contribution in [0, 0.1) is 11.2 Å². The van der Waals surface area contributed by atoms with Crippen LogP contribution in [-0.2, 0) is 6.42 Å². The number of aromatic amines is 1. The minimum absolute atomic E-state index is 0.0902. The lowest BCUT2D eigenvalue weighted by Gasteiger charge is -2.19. The number of pyridine rings is 1. The number of nitrogen functional groups attached to an aromatic ring is 2. The summed E-state index contributed by atoms with van der Waals surface area (Å²) in [7, 11) is 1.41. The van der Waals surface area contributed by atoms with Crippen LogP contribution in [0.3, 0.4) is 0 Å². The highest BCUT2D eigenvalue weighted by Crippen LogP contribution is 2.36. The number of anilines is 1. The number of aromatic nitrogens is 4. The summed E-state index contributed by atoms with van der Waals surface area (Å²) in [6.45, 7) is -1.15. The molecule has 0 amide bonds. The molecule has 0 radical (unpaired) electrons. The zero-order valence-electron chi connectivity index (χ0n) is 19.9. The fraction of sp³-hybridized carbons (Fsp3) is 0.200. The van der Waals surface area contributed by atoms with Crippen molar-refractivity contribution >= 4 is 11.5 Å². The molecule has 2 heterocycles. The van der Waals surface area contributed by atoms with E-state index in [9.17, 15) is 9.18 Å². The number of amidine groups is 1. The van der Waals surface area contributed by atoms with Gasteiger partial charge in [-0.1, -0.05) is 24.3 Å². The maximum absolute atomic E-state index is 15.7. The van der Waals surface area contributed by atoms with Crippen LogP contribution in [0.4, 0.5) is 14.5 Å². The lowest BCUT2D eigenvalue weighted by atomic mass is 9.90. The Balaban J connectivity index is 1.85. The molecule has 0 spiro atoms. The second-order valence-corrected chi connectivity index (χ2v) is 8.08. The molecule has 192 valence electrons. The summed E-state index contributed by atoms with van der Waals surface area (Å²) < 4.78 is 40.1. The minimum Gasteiger partial charge on any atom is -0.497 e. The molecule has 1 unspecified atom stereocenters. The first-order chi connectivity index (χ1) is 17.8. The summed E-state index contributed by atoms with van der Waals surface area (Å²) in [5, 5.41) is 12.0. The number of rotatable bonds is 10. The quantitative estimate of drug-likeness (QED) is 0.189. The molecule has 10 nitrogen and oxygen atoms in total. The Morgan fingerprint density at radius 1 is 1.24 bits per heavy atom. The molecule has 2 aromatic heterocycles. The maximum Gasteiger partial charge on any atom is 0.349 e. The van der Waals surface area contributed by atoms with E-state index >= 15 is 4.39 Å². The van der Waals surface area contributed by atoms with E-state index in [0.29, 0.717) is 5.56 Å². The Labute approximate surface area is 210 Å². The van der Waals surface area contributed by atoms with Crippen LogP contribution in [0.25, 0.3) is 5.82 Å².